The van der Waals surface area contributed by atoms with Crippen LogP contribution in [0.5, 0.6) is 17.8 Å². The Kier molecular flexibility index (Phi) is 4.55. The number of carbonyl (C=O) groups is 1. The lowest BCUT2D eigenvalue weighted by molar-refractivity contribution is -0.145. The molecule has 0 fully saturated rings. The summed E-state index contributed by atoms with van der Waals surface area (Å²) in [5.74, 6) is -0.713. The monoisotopic (exact) mass is 290 g/mol. The first kappa shape index (κ1) is 14.6. The molecule has 1 atom stereocenters. The highest BCUT2D eigenvalue weighted by atomic mass is 16.5. The zero-order valence-electron chi connectivity index (χ0n) is 11.5. The van der Waals surface area contributed by atoms with Crippen molar-refractivity contribution in [2.75, 3.05) is 14.2 Å². The number of carboxylic acids is 1. The molecule has 21 heavy (non-hydrogen) atoms. The summed E-state index contributed by atoms with van der Waals surface area (Å²) in [6, 6.07) is 9.86. The van der Waals surface area contributed by atoms with Crippen LogP contribution in [0.3, 0.4) is 0 Å². The van der Waals surface area contributed by atoms with E-state index in [9.17, 15) is 9.90 Å². The molecule has 1 aromatic carbocycles. The molecule has 0 amide bonds. The highest BCUT2D eigenvalue weighted by Crippen LogP contribution is 2.24. The molecule has 2 rings (SSSR count). The number of hydrogen-bond acceptors (Lipinski definition) is 6. The van der Waals surface area contributed by atoms with E-state index in [1.165, 1.54) is 20.3 Å². The fraction of sp³-hybridized carbons (Fsp3) is 0.214. The van der Waals surface area contributed by atoms with E-state index in [0.29, 0.717) is 5.56 Å². The number of carboxylic acid groups (broad SMARTS) is 1. The molecule has 0 saturated heterocycles. The topological polar surface area (TPSA) is 90.8 Å². The highest BCUT2D eigenvalue weighted by molar-refractivity contribution is 5.74. The molecule has 1 N–H and O–H groups in total. The van der Waals surface area contributed by atoms with Gasteiger partial charge in [-0.15, -0.1) is 0 Å². The second kappa shape index (κ2) is 6.56. The summed E-state index contributed by atoms with van der Waals surface area (Å²) in [6.45, 7) is 0. The van der Waals surface area contributed by atoms with Crippen molar-refractivity contribution in [3.8, 4) is 17.8 Å². The Balaban J connectivity index is 2.31. The third-order valence-electron chi connectivity index (χ3n) is 2.63. The van der Waals surface area contributed by atoms with E-state index in [2.05, 4.69) is 9.97 Å². The van der Waals surface area contributed by atoms with E-state index in [1.54, 1.807) is 30.3 Å². The first-order chi connectivity index (χ1) is 10.1. The van der Waals surface area contributed by atoms with Crippen LogP contribution in [-0.2, 0) is 4.79 Å². The Morgan fingerprint density at radius 1 is 1.10 bits per heavy atom. The third kappa shape index (κ3) is 3.59. The molecule has 0 aliphatic heterocycles. The van der Waals surface area contributed by atoms with Gasteiger partial charge in [0, 0.05) is 5.56 Å². The van der Waals surface area contributed by atoms with E-state index in [1.807, 2.05) is 0 Å². The van der Waals surface area contributed by atoms with E-state index in [-0.39, 0.29) is 17.8 Å². The Hall–Kier alpha value is -2.83. The van der Waals surface area contributed by atoms with E-state index in [4.69, 9.17) is 14.2 Å². The van der Waals surface area contributed by atoms with Gasteiger partial charge in [0.05, 0.1) is 20.3 Å². The second-order valence-corrected chi connectivity index (χ2v) is 3.98. The van der Waals surface area contributed by atoms with Gasteiger partial charge in [-0.25, -0.2) is 4.79 Å². The number of ether oxygens (including phenoxy) is 3. The van der Waals surface area contributed by atoms with Gasteiger partial charge in [-0.3, -0.25) is 0 Å². The van der Waals surface area contributed by atoms with Crippen LogP contribution in [0.15, 0.2) is 36.4 Å². The predicted octanol–water partition coefficient (Wildman–Crippen LogP) is 1.70. The normalized spacial score (nSPS) is 11.5. The molecule has 0 spiro atoms. The number of aromatic nitrogens is 2. The molecule has 1 unspecified atom stereocenters. The SMILES string of the molecule is COc1cc(OC)nc(OC(C(=O)O)c2ccccc2)n1. The summed E-state index contributed by atoms with van der Waals surface area (Å²) < 4.78 is 15.3. The van der Waals surface area contributed by atoms with Crippen LogP contribution < -0.4 is 14.2 Å². The number of rotatable bonds is 6. The molecule has 0 bridgehead atoms. The van der Waals surface area contributed by atoms with Crippen molar-refractivity contribution in [3.05, 3.63) is 42.0 Å². The van der Waals surface area contributed by atoms with Gasteiger partial charge in [0.2, 0.25) is 17.9 Å². The Labute approximate surface area is 121 Å². The van der Waals surface area contributed by atoms with Crippen LogP contribution in [0.1, 0.15) is 11.7 Å². The van der Waals surface area contributed by atoms with Gasteiger partial charge in [0.25, 0.3) is 0 Å². The summed E-state index contributed by atoms with van der Waals surface area (Å²) >= 11 is 0. The van der Waals surface area contributed by atoms with Gasteiger partial charge in [-0.05, 0) is 0 Å². The minimum Gasteiger partial charge on any atom is -0.481 e. The maximum atomic E-state index is 11.4. The van der Waals surface area contributed by atoms with Crippen molar-refractivity contribution < 1.29 is 24.1 Å². The van der Waals surface area contributed by atoms with Crippen molar-refractivity contribution in [1.29, 1.82) is 0 Å². The summed E-state index contributed by atoms with van der Waals surface area (Å²) in [5, 5.41) is 9.30. The lowest BCUT2D eigenvalue weighted by atomic mass is 10.1. The van der Waals surface area contributed by atoms with Gasteiger partial charge >= 0.3 is 12.0 Å². The maximum Gasteiger partial charge on any atom is 0.349 e. The van der Waals surface area contributed by atoms with E-state index < -0.39 is 12.1 Å². The smallest absolute Gasteiger partial charge is 0.349 e. The van der Waals surface area contributed by atoms with Gasteiger partial charge in [0.1, 0.15) is 0 Å². The Bertz CT molecular complexity index is 596. The van der Waals surface area contributed by atoms with Crippen molar-refractivity contribution in [2.24, 2.45) is 0 Å². The third-order valence-corrected chi connectivity index (χ3v) is 2.63. The zero-order valence-corrected chi connectivity index (χ0v) is 11.5. The minimum atomic E-state index is -1.22. The summed E-state index contributed by atoms with van der Waals surface area (Å²) in [5.41, 5.74) is 0.482. The first-order valence-corrected chi connectivity index (χ1v) is 6.05. The summed E-state index contributed by atoms with van der Waals surface area (Å²) in [7, 11) is 2.86. The van der Waals surface area contributed by atoms with Crippen LogP contribution in [0.4, 0.5) is 0 Å². The Morgan fingerprint density at radius 3 is 2.14 bits per heavy atom. The van der Waals surface area contributed by atoms with Crippen molar-refractivity contribution in [2.45, 2.75) is 6.10 Å². The molecule has 2 aromatic rings. The molecule has 0 aliphatic rings. The lowest BCUT2D eigenvalue weighted by Crippen LogP contribution is -2.19. The minimum absolute atomic E-state index is 0.137. The summed E-state index contributed by atoms with van der Waals surface area (Å²) in [4.78, 5) is 19.3. The molecule has 7 heteroatoms. The molecule has 0 radical (unpaired) electrons. The quantitative estimate of drug-likeness (QED) is 0.865. The molecule has 1 heterocycles. The fourth-order valence-electron chi connectivity index (χ4n) is 1.64. The zero-order chi connectivity index (χ0) is 15.2. The van der Waals surface area contributed by atoms with Gasteiger partial charge in [0.15, 0.2) is 0 Å². The van der Waals surface area contributed by atoms with Crippen LogP contribution in [0.25, 0.3) is 0 Å². The van der Waals surface area contributed by atoms with Crippen LogP contribution >= 0.6 is 0 Å². The van der Waals surface area contributed by atoms with Crippen LogP contribution in [0.2, 0.25) is 0 Å². The van der Waals surface area contributed by atoms with Gasteiger partial charge in [-0.1, -0.05) is 30.3 Å². The average molecular weight is 290 g/mol. The first-order valence-electron chi connectivity index (χ1n) is 6.05. The molecule has 7 nitrogen and oxygen atoms in total. The van der Waals surface area contributed by atoms with E-state index >= 15 is 0 Å². The van der Waals surface area contributed by atoms with E-state index in [0.717, 1.165) is 0 Å². The lowest BCUT2D eigenvalue weighted by Gasteiger charge is -2.14. The maximum absolute atomic E-state index is 11.4. The fourth-order valence-corrected chi connectivity index (χ4v) is 1.64. The summed E-state index contributed by atoms with van der Waals surface area (Å²) in [6.07, 6.45) is -1.22. The number of methoxy groups -OCH3 is 2. The number of hydrogen-bond donors (Lipinski definition) is 1. The highest BCUT2D eigenvalue weighted by Gasteiger charge is 2.23. The average Bonchev–Trinajstić information content (AvgIpc) is 2.52. The molecule has 1 aromatic heterocycles. The molecule has 0 saturated carbocycles. The van der Waals surface area contributed by atoms with Gasteiger partial charge < -0.3 is 19.3 Å². The molecular weight excluding hydrogens is 276 g/mol. The molecular formula is C14H14N2O5. The van der Waals surface area contributed by atoms with Crippen molar-refractivity contribution in [1.82, 2.24) is 9.97 Å². The molecule has 0 aliphatic carbocycles. The number of benzene rings is 1. The predicted molar refractivity (Wildman–Crippen MR) is 72.6 cm³/mol. The Morgan fingerprint density at radius 2 is 1.67 bits per heavy atom. The van der Waals surface area contributed by atoms with Crippen LogP contribution in [-0.4, -0.2) is 35.3 Å². The van der Waals surface area contributed by atoms with Gasteiger partial charge in [-0.2, -0.15) is 9.97 Å². The standard InChI is InChI=1S/C14H14N2O5/c1-19-10-8-11(20-2)16-14(15-10)21-12(13(17)18)9-6-4-3-5-7-9/h3-8,12H,1-2H3,(H,17,18). The van der Waals surface area contributed by atoms with Crippen molar-refractivity contribution >= 4 is 5.97 Å². The van der Waals surface area contributed by atoms with Crippen LogP contribution in [0, 0.1) is 0 Å². The largest absolute Gasteiger partial charge is 0.481 e. The molecule has 110 valence electrons. The number of nitrogens with zero attached hydrogens (tertiary/aromatic N) is 2. The van der Waals surface area contributed by atoms with Crippen molar-refractivity contribution in [3.63, 3.8) is 0 Å². The number of aliphatic carboxylic acids is 1. The second-order valence-electron chi connectivity index (χ2n) is 3.98.